The molecule has 1 unspecified atom stereocenters. The molecular weight excluding hydrogens is 267 g/mol. The molecule has 1 N–H and O–H groups in total. The number of methoxy groups -OCH3 is 1. The summed E-state index contributed by atoms with van der Waals surface area (Å²) in [7, 11) is 1.59. The van der Waals surface area contributed by atoms with E-state index in [0.717, 1.165) is 28.9 Å². The van der Waals surface area contributed by atoms with Crippen LogP contribution in [-0.2, 0) is 0 Å². The van der Waals surface area contributed by atoms with Gasteiger partial charge in [-0.15, -0.1) is 0 Å². The smallest absolute Gasteiger partial charge is 0.124 e. The minimum absolute atomic E-state index is 0.193. The molecule has 0 bridgehead atoms. The van der Waals surface area contributed by atoms with Crippen LogP contribution in [0, 0.1) is 19.7 Å². The summed E-state index contributed by atoms with van der Waals surface area (Å²) in [5.41, 5.74) is 3.84. The lowest BCUT2D eigenvalue weighted by molar-refractivity contribution is 0.402. The van der Waals surface area contributed by atoms with Crippen LogP contribution >= 0.6 is 0 Å². The zero-order valence-electron chi connectivity index (χ0n) is 12.9. The van der Waals surface area contributed by atoms with Crippen LogP contribution in [0.4, 0.5) is 4.39 Å². The predicted octanol–water partition coefficient (Wildman–Crippen LogP) is 3.55. The van der Waals surface area contributed by atoms with Crippen LogP contribution in [0.1, 0.15) is 35.3 Å². The third-order valence-corrected chi connectivity index (χ3v) is 3.44. The van der Waals surface area contributed by atoms with Crippen molar-refractivity contribution in [2.24, 2.45) is 0 Å². The van der Waals surface area contributed by atoms with Crippen LogP contribution in [0.15, 0.2) is 30.5 Å². The normalized spacial score (nSPS) is 12.2. The van der Waals surface area contributed by atoms with Crippen LogP contribution in [-0.4, -0.2) is 18.6 Å². The van der Waals surface area contributed by atoms with Crippen molar-refractivity contribution in [3.8, 4) is 5.75 Å². The summed E-state index contributed by atoms with van der Waals surface area (Å²) in [5.74, 6) is 0.377. The molecule has 0 saturated heterocycles. The van der Waals surface area contributed by atoms with Gasteiger partial charge in [0.25, 0.3) is 0 Å². The van der Waals surface area contributed by atoms with Crippen molar-refractivity contribution in [2.75, 3.05) is 13.7 Å². The van der Waals surface area contributed by atoms with Gasteiger partial charge in [0.1, 0.15) is 11.6 Å². The number of aryl methyl sites for hydroxylation is 2. The SMILES string of the molecule is CCNC(c1cc(F)ccc1OC)c1ncc(C)cc1C. The summed E-state index contributed by atoms with van der Waals surface area (Å²) in [6.07, 6.45) is 1.83. The molecule has 2 rings (SSSR count). The highest BCUT2D eigenvalue weighted by molar-refractivity contribution is 5.42. The van der Waals surface area contributed by atoms with Gasteiger partial charge in [0.2, 0.25) is 0 Å². The highest BCUT2D eigenvalue weighted by atomic mass is 19.1. The molecule has 0 aliphatic rings. The summed E-state index contributed by atoms with van der Waals surface area (Å²) >= 11 is 0. The summed E-state index contributed by atoms with van der Waals surface area (Å²) in [6, 6.07) is 6.45. The molecule has 2 aromatic rings. The van der Waals surface area contributed by atoms with E-state index in [1.165, 1.54) is 12.1 Å². The van der Waals surface area contributed by atoms with Gasteiger partial charge in [-0.2, -0.15) is 0 Å². The number of pyridine rings is 1. The molecule has 1 atom stereocenters. The molecule has 0 aliphatic heterocycles. The van der Waals surface area contributed by atoms with Gasteiger partial charge in [0, 0.05) is 11.8 Å². The summed E-state index contributed by atoms with van der Waals surface area (Å²) < 4.78 is 19.0. The minimum atomic E-state index is -0.279. The molecule has 112 valence electrons. The number of nitrogens with one attached hydrogen (secondary N) is 1. The first kappa shape index (κ1) is 15.4. The number of benzene rings is 1. The zero-order chi connectivity index (χ0) is 15.4. The van der Waals surface area contributed by atoms with E-state index >= 15 is 0 Å². The van der Waals surface area contributed by atoms with E-state index in [4.69, 9.17) is 4.74 Å². The van der Waals surface area contributed by atoms with Crippen molar-refractivity contribution in [2.45, 2.75) is 26.8 Å². The maximum absolute atomic E-state index is 13.7. The van der Waals surface area contributed by atoms with Crippen LogP contribution in [0.2, 0.25) is 0 Å². The first-order chi connectivity index (χ1) is 10.1. The average Bonchev–Trinajstić information content (AvgIpc) is 2.45. The molecular formula is C17H21FN2O. The number of ether oxygens (including phenoxy) is 1. The van der Waals surface area contributed by atoms with Crippen molar-refractivity contribution in [1.82, 2.24) is 10.3 Å². The summed E-state index contributed by atoms with van der Waals surface area (Å²) in [4.78, 5) is 4.54. The first-order valence-electron chi connectivity index (χ1n) is 7.06. The van der Waals surface area contributed by atoms with Gasteiger partial charge in [0.15, 0.2) is 0 Å². The Morgan fingerprint density at radius 3 is 2.67 bits per heavy atom. The Morgan fingerprint density at radius 1 is 1.29 bits per heavy atom. The van der Waals surface area contributed by atoms with E-state index in [-0.39, 0.29) is 11.9 Å². The Labute approximate surface area is 125 Å². The van der Waals surface area contributed by atoms with E-state index in [0.29, 0.717) is 5.75 Å². The quantitative estimate of drug-likeness (QED) is 0.913. The van der Waals surface area contributed by atoms with E-state index in [2.05, 4.69) is 16.4 Å². The van der Waals surface area contributed by atoms with Gasteiger partial charge >= 0.3 is 0 Å². The number of hydrogen-bond acceptors (Lipinski definition) is 3. The molecule has 1 aromatic carbocycles. The molecule has 1 aromatic heterocycles. The molecule has 0 spiro atoms. The maximum atomic E-state index is 13.7. The number of hydrogen-bond donors (Lipinski definition) is 1. The number of aromatic nitrogens is 1. The van der Waals surface area contributed by atoms with Gasteiger partial charge in [-0.1, -0.05) is 13.0 Å². The van der Waals surface area contributed by atoms with E-state index in [1.54, 1.807) is 13.2 Å². The number of halogens is 1. The van der Waals surface area contributed by atoms with Crippen LogP contribution in [0.25, 0.3) is 0 Å². The summed E-state index contributed by atoms with van der Waals surface area (Å²) in [5, 5.41) is 3.37. The lowest BCUT2D eigenvalue weighted by atomic mass is 9.98. The minimum Gasteiger partial charge on any atom is -0.496 e. The average molecular weight is 288 g/mol. The molecule has 3 nitrogen and oxygen atoms in total. The fraction of sp³-hybridized carbons (Fsp3) is 0.353. The Bertz CT molecular complexity index is 628. The maximum Gasteiger partial charge on any atom is 0.124 e. The monoisotopic (exact) mass is 288 g/mol. The van der Waals surface area contributed by atoms with E-state index < -0.39 is 0 Å². The highest BCUT2D eigenvalue weighted by Crippen LogP contribution is 2.31. The first-order valence-corrected chi connectivity index (χ1v) is 7.06. The molecule has 0 fully saturated rings. The Hall–Kier alpha value is -1.94. The number of nitrogens with zero attached hydrogens (tertiary/aromatic N) is 1. The Kier molecular flexibility index (Phi) is 4.91. The second kappa shape index (κ2) is 6.68. The molecule has 21 heavy (non-hydrogen) atoms. The van der Waals surface area contributed by atoms with Crippen molar-refractivity contribution in [3.05, 3.63) is 58.7 Å². The largest absolute Gasteiger partial charge is 0.496 e. The van der Waals surface area contributed by atoms with E-state index in [1.807, 2.05) is 27.0 Å². The number of rotatable bonds is 5. The standard InChI is InChI=1S/C17H21FN2O/c1-5-19-17(16-12(3)8-11(2)10-20-16)14-9-13(18)6-7-15(14)21-4/h6-10,17,19H,5H2,1-4H3. The molecule has 4 heteroatoms. The van der Waals surface area contributed by atoms with Crippen molar-refractivity contribution in [3.63, 3.8) is 0 Å². The third-order valence-electron chi connectivity index (χ3n) is 3.44. The molecule has 0 amide bonds. The molecule has 0 aliphatic carbocycles. The fourth-order valence-corrected chi connectivity index (χ4v) is 2.52. The topological polar surface area (TPSA) is 34.1 Å². The zero-order valence-corrected chi connectivity index (χ0v) is 12.9. The van der Waals surface area contributed by atoms with Gasteiger partial charge < -0.3 is 10.1 Å². The fourth-order valence-electron chi connectivity index (χ4n) is 2.52. The van der Waals surface area contributed by atoms with Crippen LogP contribution < -0.4 is 10.1 Å². The van der Waals surface area contributed by atoms with Crippen molar-refractivity contribution in [1.29, 1.82) is 0 Å². The van der Waals surface area contributed by atoms with Crippen LogP contribution in [0.5, 0.6) is 5.75 Å². The molecule has 1 heterocycles. The van der Waals surface area contributed by atoms with Crippen molar-refractivity contribution >= 4 is 0 Å². The lowest BCUT2D eigenvalue weighted by Gasteiger charge is -2.22. The van der Waals surface area contributed by atoms with Gasteiger partial charge in [-0.3, -0.25) is 4.98 Å². The second-order valence-electron chi connectivity index (χ2n) is 5.09. The molecule has 0 radical (unpaired) electrons. The van der Waals surface area contributed by atoms with E-state index in [9.17, 15) is 4.39 Å². The lowest BCUT2D eigenvalue weighted by Crippen LogP contribution is -2.24. The third kappa shape index (κ3) is 3.39. The highest BCUT2D eigenvalue weighted by Gasteiger charge is 2.21. The van der Waals surface area contributed by atoms with Gasteiger partial charge in [-0.25, -0.2) is 4.39 Å². The second-order valence-corrected chi connectivity index (χ2v) is 5.09. The van der Waals surface area contributed by atoms with Gasteiger partial charge in [-0.05, 0) is 49.7 Å². The van der Waals surface area contributed by atoms with Crippen molar-refractivity contribution < 1.29 is 9.13 Å². The van der Waals surface area contributed by atoms with Gasteiger partial charge in [0.05, 0.1) is 18.8 Å². The van der Waals surface area contributed by atoms with Crippen LogP contribution in [0.3, 0.4) is 0 Å². The molecule has 0 saturated carbocycles. The Balaban J connectivity index is 2.55. The Morgan fingerprint density at radius 2 is 2.05 bits per heavy atom. The summed E-state index contributed by atoms with van der Waals surface area (Å²) in [6.45, 7) is 6.79. The predicted molar refractivity (Wildman–Crippen MR) is 82.2 cm³/mol.